The van der Waals surface area contributed by atoms with Crippen LogP contribution in [0.1, 0.15) is 38.5 Å². The maximum Gasteiger partial charge on any atom is 0.245 e. The lowest BCUT2D eigenvalue weighted by Gasteiger charge is -2.30. The molecule has 0 atom stereocenters. The standard InChI is InChI=1S/C23H26N4O4S2/c28-23(24-17-5-3-8-19(15-17)31-18-6-1-2-7-18)16-11-13-27(14-12-16)33(29,30)21-10-4-9-20-22(21)26-32-25-20/h3-5,8-10,15-16,18H,1-2,6-7,11-14H2,(H,24,28). The quantitative estimate of drug-likeness (QED) is 0.564. The summed E-state index contributed by atoms with van der Waals surface area (Å²) in [6, 6.07) is 12.5. The number of aromatic nitrogens is 2. The summed E-state index contributed by atoms with van der Waals surface area (Å²) >= 11 is 1.000. The molecule has 0 unspecified atom stereocenters. The zero-order valence-electron chi connectivity index (χ0n) is 18.1. The highest BCUT2D eigenvalue weighted by atomic mass is 32.2. The van der Waals surface area contributed by atoms with Crippen molar-refractivity contribution in [2.45, 2.75) is 49.5 Å². The van der Waals surface area contributed by atoms with Gasteiger partial charge in [-0.1, -0.05) is 12.1 Å². The molecule has 1 aromatic heterocycles. The van der Waals surface area contributed by atoms with E-state index in [0.29, 0.717) is 42.7 Å². The number of benzene rings is 2. The van der Waals surface area contributed by atoms with Crippen molar-refractivity contribution in [1.82, 2.24) is 13.1 Å². The van der Waals surface area contributed by atoms with Crippen molar-refractivity contribution >= 4 is 44.4 Å². The molecular weight excluding hydrogens is 460 g/mol. The minimum Gasteiger partial charge on any atom is -0.490 e. The summed E-state index contributed by atoms with van der Waals surface area (Å²) in [5.74, 6) is 0.440. The number of piperidine rings is 1. The van der Waals surface area contributed by atoms with Gasteiger partial charge in [-0.2, -0.15) is 13.1 Å². The Balaban J connectivity index is 1.20. The summed E-state index contributed by atoms with van der Waals surface area (Å²) in [7, 11) is -3.69. The Morgan fingerprint density at radius 1 is 1.03 bits per heavy atom. The van der Waals surface area contributed by atoms with Gasteiger partial charge in [0.2, 0.25) is 15.9 Å². The van der Waals surface area contributed by atoms with Gasteiger partial charge in [0.15, 0.2) is 0 Å². The molecule has 2 fully saturated rings. The van der Waals surface area contributed by atoms with Crippen molar-refractivity contribution in [3.63, 3.8) is 0 Å². The number of hydrogen-bond acceptors (Lipinski definition) is 7. The van der Waals surface area contributed by atoms with Crippen molar-refractivity contribution < 1.29 is 17.9 Å². The molecule has 8 nitrogen and oxygen atoms in total. The average Bonchev–Trinajstić information content (AvgIpc) is 3.51. The first-order chi connectivity index (χ1) is 16.0. The van der Waals surface area contributed by atoms with E-state index in [0.717, 1.165) is 30.3 Å². The Hall–Kier alpha value is -2.56. The molecule has 1 N–H and O–H groups in total. The van der Waals surface area contributed by atoms with E-state index in [1.165, 1.54) is 17.1 Å². The highest BCUT2D eigenvalue weighted by Crippen LogP contribution is 2.29. The van der Waals surface area contributed by atoms with Crippen LogP contribution in [0.3, 0.4) is 0 Å². The average molecular weight is 487 g/mol. The lowest BCUT2D eigenvalue weighted by Crippen LogP contribution is -2.41. The minimum atomic E-state index is -3.69. The Kier molecular flexibility index (Phi) is 6.31. The van der Waals surface area contributed by atoms with Crippen LogP contribution in [0.25, 0.3) is 11.0 Å². The van der Waals surface area contributed by atoms with Crippen LogP contribution in [-0.4, -0.2) is 46.6 Å². The van der Waals surface area contributed by atoms with E-state index in [-0.39, 0.29) is 22.8 Å². The van der Waals surface area contributed by atoms with Gasteiger partial charge < -0.3 is 10.1 Å². The van der Waals surface area contributed by atoms with E-state index < -0.39 is 10.0 Å². The SMILES string of the molecule is O=C(Nc1cccc(OC2CCCC2)c1)C1CCN(S(=O)(=O)c2cccc3nsnc23)CC1. The number of nitrogens with zero attached hydrogens (tertiary/aromatic N) is 3. The first kappa shape index (κ1) is 22.2. The third kappa shape index (κ3) is 4.73. The van der Waals surface area contributed by atoms with Gasteiger partial charge in [0.1, 0.15) is 21.7 Å². The zero-order chi connectivity index (χ0) is 22.8. The van der Waals surface area contributed by atoms with E-state index in [4.69, 9.17) is 4.74 Å². The number of anilines is 1. The van der Waals surface area contributed by atoms with Crippen molar-refractivity contribution in [3.05, 3.63) is 42.5 Å². The molecule has 174 valence electrons. The number of sulfonamides is 1. The van der Waals surface area contributed by atoms with E-state index in [9.17, 15) is 13.2 Å². The smallest absolute Gasteiger partial charge is 0.245 e. The van der Waals surface area contributed by atoms with Crippen LogP contribution in [0.15, 0.2) is 47.4 Å². The third-order valence-electron chi connectivity index (χ3n) is 6.40. The highest BCUT2D eigenvalue weighted by Gasteiger charge is 2.33. The minimum absolute atomic E-state index is 0.0872. The van der Waals surface area contributed by atoms with Gasteiger partial charge in [0, 0.05) is 30.8 Å². The first-order valence-corrected chi connectivity index (χ1v) is 13.5. The summed E-state index contributed by atoms with van der Waals surface area (Å²) in [4.78, 5) is 13.0. The molecule has 1 saturated carbocycles. The highest BCUT2D eigenvalue weighted by molar-refractivity contribution is 7.89. The monoisotopic (exact) mass is 486 g/mol. The van der Waals surface area contributed by atoms with Gasteiger partial charge in [0.25, 0.3) is 0 Å². The summed E-state index contributed by atoms with van der Waals surface area (Å²) in [5.41, 5.74) is 1.69. The number of hydrogen-bond donors (Lipinski definition) is 1. The lowest BCUT2D eigenvalue weighted by atomic mass is 9.97. The first-order valence-electron chi connectivity index (χ1n) is 11.3. The number of carbonyl (C=O) groups is 1. The van der Waals surface area contributed by atoms with Gasteiger partial charge in [-0.3, -0.25) is 4.79 Å². The van der Waals surface area contributed by atoms with Crippen LogP contribution in [0.5, 0.6) is 5.75 Å². The molecule has 1 amide bonds. The number of ether oxygens (including phenoxy) is 1. The second-order valence-electron chi connectivity index (χ2n) is 8.61. The summed E-state index contributed by atoms with van der Waals surface area (Å²) in [6.45, 7) is 0.582. The molecule has 0 spiro atoms. The van der Waals surface area contributed by atoms with Crippen LogP contribution < -0.4 is 10.1 Å². The second-order valence-corrected chi connectivity index (χ2v) is 11.0. The van der Waals surface area contributed by atoms with Gasteiger partial charge in [-0.25, -0.2) is 8.42 Å². The number of nitrogens with one attached hydrogen (secondary N) is 1. The van der Waals surface area contributed by atoms with Crippen molar-refractivity contribution in [2.24, 2.45) is 5.92 Å². The van der Waals surface area contributed by atoms with Crippen molar-refractivity contribution in [3.8, 4) is 5.75 Å². The number of rotatable bonds is 6. The normalized spacial score (nSPS) is 18.5. The third-order valence-corrected chi connectivity index (χ3v) is 8.87. The molecule has 1 aliphatic heterocycles. The molecule has 2 aliphatic rings. The van der Waals surface area contributed by atoms with Crippen LogP contribution >= 0.6 is 11.7 Å². The molecule has 3 aromatic rings. The predicted molar refractivity (Wildman–Crippen MR) is 127 cm³/mol. The lowest BCUT2D eigenvalue weighted by molar-refractivity contribution is -0.120. The Labute approximate surface area is 197 Å². The molecular formula is C23H26N4O4S2. The van der Waals surface area contributed by atoms with E-state index in [1.54, 1.807) is 18.2 Å². The molecule has 33 heavy (non-hydrogen) atoms. The Bertz CT molecular complexity index is 1250. The summed E-state index contributed by atoms with van der Waals surface area (Å²) < 4.78 is 42.2. The van der Waals surface area contributed by atoms with E-state index in [2.05, 4.69) is 14.1 Å². The summed E-state index contributed by atoms with van der Waals surface area (Å²) in [6.07, 6.45) is 5.74. The maximum absolute atomic E-state index is 13.2. The zero-order valence-corrected chi connectivity index (χ0v) is 19.8. The van der Waals surface area contributed by atoms with Gasteiger partial charge in [-0.15, -0.1) is 0 Å². The fourth-order valence-electron chi connectivity index (χ4n) is 4.58. The van der Waals surface area contributed by atoms with Gasteiger partial charge >= 0.3 is 0 Å². The van der Waals surface area contributed by atoms with Gasteiger partial charge in [-0.05, 0) is 62.8 Å². The summed E-state index contributed by atoms with van der Waals surface area (Å²) in [5, 5.41) is 2.98. The Morgan fingerprint density at radius 3 is 2.58 bits per heavy atom. The Morgan fingerprint density at radius 2 is 1.79 bits per heavy atom. The molecule has 2 heterocycles. The maximum atomic E-state index is 13.2. The fourth-order valence-corrected chi connectivity index (χ4v) is 6.80. The molecule has 0 radical (unpaired) electrons. The van der Waals surface area contributed by atoms with Crippen LogP contribution in [0.4, 0.5) is 5.69 Å². The molecule has 0 bridgehead atoms. The number of fused-ring (bicyclic) bond motifs is 1. The molecule has 1 saturated heterocycles. The number of amides is 1. The van der Waals surface area contributed by atoms with Crippen molar-refractivity contribution in [2.75, 3.05) is 18.4 Å². The van der Waals surface area contributed by atoms with Gasteiger partial charge in [0.05, 0.1) is 17.8 Å². The van der Waals surface area contributed by atoms with Crippen LogP contribution in [0, 0.1) is 5.92 Å². The predicted octanol–water partition coefficient (Wildman–Crippen LogP) is 4.05. The van der Waals surface area contributed by atoms with E-state index >= 15 is 0 Å². The topological polar surface area (TPSA) is 101 Å². The number of carbonyl (C=O) groups excluding carboxylic acids is 1. The van der Waals surface area contributed by atoms with E-state index in [1.807, 2.05) is 24.3 Å². The fraction of sp³-hybridized carbons (Fsp3) is 0.435. The largest absolute Gasteiger partial charge is 0.490 e. The second kappa shape index (κ2) is 9.36. The van der Waals surface area contributed by atoms with Crippen LogP contribution in [-0.2, 0) is 14.8 Å². The van der Waals surface area contributed by atoms with Crippen molar-refractivity contribution in [1.29, 1.82) is 0 Å². The molecule has 10 heteroatoms. The molecule has 5 rings (SSSR count). The molecule has 2 aromatic carbocycles. The molecule has 1 aliphatic carbocycles. The van der Waals surface area contributed by atoms with Crippen LogP contribution in [0.2, 0.25) is 0 Å².